The lowest BCUT2D eigenvalue weighted by Crippen LogP contribution is -2.23. The second-order valence-electron chi connectivity index (χ2n) is 4.72. The second kappa shape index (κ2) is 5.97. The molecule has 0 radical (unpaired) electrons. The van der Waals surface area contributed by atoms with Gasteiger partial charge in [0.2, 0.25) is 0 Å². The first-order valence-electron chi connectivity index (χ1n) is 5.68. The van der Waals surface area contributed by atoms with E-state index in [1.165, 1.54) is 6.07 Å². The molecule has 0 aliphatic rings. The molecular formula is C13H21FN2. The lowest BCUT2D eigenvalue weighted by molar-refractivity contribution is 0.284. The third-order valence-corrected chi connectivity index (χ3v) is 2.47. The normalized spacial score (nSPS) is 11.4. The molecule has 0 aliphatic heterocycles. The molecule has 0 aromatic heterocycles. The van der Waals surface area contributed by atoms with Crippen molar-refractivity contribution >= 4 is 0 Å². The summed E-state index contributed by atoms with van der Waals surface area (Å²) in [5, 5.41) is 0. The van der Waals surface area contributed by atoms with Crippen LogP contribution >= 0.6 is 0 Å². The minimum absolute atomic E-state index is 0.154. The molecular weight excluding hydrogens is 203 g/mol. The number of nitrogens with two attached hydrogens (primary N) is 1. The largest absolute Gasteiger partial charge is 0.326 e. The van der Waals surface area contributed by atoms with E-state index < -0.39 is 0 Å². The molecule has 0 unspecified atom stereocenters. The van der Waals surface area contributed by atoms with Crippen LogP contribution in [-0.2, 0) is 13.1 Å². The fourth-order valence-electron chi connectivity index (χ4n) is 1.82. The lowest BCUT2D eigenvalue weighted by atomic mass is 10.1. The SMILES string of the molecule is CC(C)CN(C)Cc1ccc(CN)cc1F. The molecule has 90 valence electrons. The molecule has 0 aliphatic carbocycles. The Morgan fingerprint density at radius 2 is 2.06 bits per heavy atom. The maximum atomic E-state index is 13.7. The van der Waals surface area contributed by atoms with Gasteiger partial charge in [-0.3, -0.25) is 0 Å². The van der Waals surface area contributed by atoms with Gasteiger partial charge in [0.05, 0.1) is 0 Å². The summed E-state index contributed by atoms with van der Waals surface area (Å²) in [5.41, 5.74) is 7.04. The van der Waals surface area contributed by atoms with E-state index in [1.807, 2.05) is 19.2 Å². The number of benzene rings is 1. The van der Waals surface area contributed by atoms with Crippen molar-refractivity contribution in [3.05, 3.63) is 35.1 Å². The highest BCUT2D eigenvalue weighted by Crippen LogP contribution is 2.12. The van der Waals surface area contributed by atoms with Crippen LogP contribution in [0.15, 0.2) is 18.2 Å². The van der Waals surface area contributed by atoms with Crippen molar-refractivity contribution in [3.8, 4) is 0 Å². The second-order valence-corrected chi connectivity index (χ2v) is 4.72. The van der Waals surface area contributed by atoms with E-state index in [0.717, 1.165) is 17.7 Å². The van der Waals surface area contributed by atoms with Crippen LogP contribution in [0.2, 0.25) is 0 Å². The van der Waals surface area contributed by atoms with Crippen molar-refractivity contribution in [2.75, 3.05) is 13.6 Å². The van der Waals surface area contributed by atoms with Gasteiger partial charge in [0.15, 0.2) is 0 Å². The Morgan fingerprint density at radius 3 is 2.56 bits per heavy atom. The lowest BCUT2D eigenvalue weighted by Gasteiger charge is -2.19. The summed E-state index contributed by atoms with van der Waals surface area (Å²) in [6.07, 6.45) is 0. The molecule has 0 saturated carbocycles. The van der Waals surface area contributed by atoms with Crippen molar-refractivity contribution < 1.29 is 4.39 Å². The molecule has 1 aromatic carbocycles. The van der Waals surface area contributed by atoms with Gasteiger partial charge >= 0.3 is 0 Å². The van der Waals surface area contributed by atoms with E-state index in [-0.39, 0.29) is 5.82 Å². The standard InChI is InChI=1S/C13H21FN2/c1-10(2)8-16(3)9-12-5-4-11(7-15)6-13(12)14/h4-6,10H,7-9,15H2,1-3H3. The highest BCUT2D eigenvalue weighted by Gasteiger charge is 2.07. The minimum Gasteiger partial charge on any atom is -0.326 e. The van der Waals surface area contributed by atoms with Gasteiger partial charge in [0.25, 0.3) is 0 Å². The van der Waals surface area contributed by atoms with Crippen LogP contribution in [0.1, 0.15) is 25.0 Å². The molecule has 0 fully saturated rings. The van der Waals surface area contributed by atoms with Crippen LogP contribution in [0.3, 0.4) is 0 Å². The van der Waals surface area contributed by atoms with Crippen molar-refractivity contribution in [3.63, 3.8) is 0 Å². The van der Waals surface area contributed by atoms with Crippen molar-refractivity contribution in [1.82, 2.24) is 4.90 Å². The van der Waals surface area contributed by atoms with Crippen molar-refractivity contribution in [2.45, 2.75) is 26.9 Å². The predicted octanol–water partition coefficient (Wildman–Crippen LogP) is 2.37. The monoisotopic (exact) mass is 224 g/mol. The number of nitrogens with zero attached hydrogens (tertiary/aromatic N) is 1. The van der Waals surface area contributed by atoms with Crippen LogP contribution in [-0.4, -0.2) is 18.5 Å². The quantitative estimate of drug-likeness (QED) is 0.832. The maximum absolute atomic E-state index is 13.7. The van der Waals surface area contributed by atoms with E-state index in [1.54, 1.807) is 0 Å². The summed E-state index contributed by atoms with van der Waals surface area (Å²) < 4.78 is 13.7. The average Bonchev–Trinajstić information content (AvgIpc) is 2.19. The third kappa shape index (κ3) is 3.91. The smallest absolute Gasteiger partial charge is 0.128 e. The number of halogens is 1. The van der Waals surface area contributed by atoms with E-state index in [4.69, 9.17) is 5.73 Å². The Morgan fingerprint density at radius 1 is 1.38 bits per heavy atom. The van der Waals surface area contributed by atoms with Gasteiger partial charge in [-0.05, 0) is 24.6 Å². The zero-order valence-electron chi connectivity index (χ0n) is 10.3. The van der Waals surface area contributed by atoms with Crippen LogP contribution in [0.5, 0.6) is 0 Å². The Kier molecular flexibility index (Phi) is 4.90. The molecule has 2 N–H and O–H groups in total. The minimum atomic E-state index is -0.154. The summed E-state index contributed by atoms with van der Waals surface area (Å²) in [5.74, 6) is 0.440. The molecule has 3 heteroatoms. The van der Waals surface area contributed by atoms with Gasteiger partial charge in [0.1, 0.15) is 5.82 Å². The average molecular weight is 224 g/mol. The highest BCUT2D eigenvalue weighted by atomic mass is 19.1. The molecule has 2 nitrogen and oxygen atoms in total. The topological polar surface area (TPSA) is 29.3 Å². The van der Waals surface area contributed by atoms with Gasteiger partial charge in [-0.2, -0.15) is 0 Å². The summed E-state index contributed by atoms with van der Waals surface area (Å²) >= 11 is 0. The molecule has 1 aromatic rings. The van der Waals surface area contributed by atoms with E-state index in [9.17, 15) is 4.39 Å². The first-order chi connectivity index (χ1) is 7.52. The molecule has 16 heavy (non-hydrogen) atoms. The number of hydrogen-bond donors (Lipinski definition) is 1. The molecule has 0 heterocycles. The van der Waals surface area contributed by atoms with Gasteiger partial charge in [-0.1, -0.05) is 26.0 Å². The fraction of sp³-hybridized carbons (Fsp3) is 0.538. The Balaban J connectivity index is 2.66. The molecule has 0 saturated heterocycles. The number of hydrogen-bond acceptors (Lipinski definition) is 2. The molecule has 0 spiro atoms. The number of rotatable bonds is 5. The highest BCUT2D eigenvalue weighted by molar-refractivity contribution is 5.24. The first kappa shape index (κ1) is 13.1. The van der Waals surface area contributed by atoms with Crippen molar-refractivity contribution in [2.24, 2.45) is 11.7 Å². The predicted molar refractivity (Wildman–Crippen MR) is 65.5 cm³/mol. The van der Waals surface area contributed by atoms with E-state index >= 15 is 0 Å². The fourth-order valence-corrected chi connectivity index (χ4v) is 1.82. The molecule has 1 rings (SSSR count). The van der Waals surface area contributed by atoms with Crippen molar-refractivity contribution in [1.29, 1.82) is 0 Å². The third-order valence-electron chi connectivity index (χ3n) is 2.47. The zero-order valence-corrected chi connectivity index (χ0v) is 10.3. The summed E-state index contributed by atoms with van der Waals surface area (Å²) in [4.78, 5) is 2.13. The van der Waals surface area contributed by atoms with Gasteiger partial charge in [-0.25, -0.2) is 4.39 Å². The Hall–Kier alpha value is -0.930. The maximum Gasteiger partial charge on any atom is 0.128 e. The van der Waals surface area contributed by atoms with Crippen LogP contribution < -0.4 is 5.73 Å². The summed E-state index contributed by atoms with van der Waals surface area (Å²) in [6, 6.07) is 5.24. The van der Waals surface area contributed by atoms with Gasteiger partial charge in [-0.15, -0.1) is 0 Å². The summed E-state index contributed by atoms with van der Waals surface area (Å²) in [6.45, 7) is 6.32. The van der Waals surface area contributed by atoms with Crippen LogP contribution in [0.25, 0.3) is 0 Å². The van der Waals surface area contributed by atoms with Crippen LogP contribution in [0.4, 0.5) is 4.39 Å². The first-order valence-corrected chi connectivity index (χ1v) is 5.68. The van der Waals surface area contributed by atoms with Crippen LogP contribution in [0, 0.1) is 11.7 Å². The zero-order chi connectivity index (χ0) is 12.1. The van der Waals surface area contributed by atoms with Gasteiger partial charge < -0.3 is 10.6 Å². The van der Waals surface area contributed by atoms with E-state index in [0.29, 0.717) is 19.0 Å². The van der Waals surface area contributed by atoms with Gasteiger partial charge in [0, 0.05) is 25.2 Å². The Labute approximate surface area is 97.3 Å². The summed E-state index contributed by atoms with van der Waals surface area (Å²) in [7, 11) is 2.01. The molecule has 0 bridgehead atoms. The molecule has 0 amide bonds. The molecule has 0 atom stereocenters. The van der Waals surface area contributed by atoms with E-state index in [2.05, 4.69) is 18.7 Å². The Bertz CT molecular complexity index is 337.